The van der Waals surface area contributed by atoms with E-state index >= 15 is 0 Å². The predicted octanol–water partition coefficient (Wildman–Crippen LogP) is 8.70. The van der Waals surface area contributed by atoms with Crippen LogP contribution in [0.2, 0.25) is 0 Å². The van der Waals surface area contributed by atoms with E-state index in [-0.39, 0.29) is 5.91 Å². The van der Waals surface area contributed by atoms with E-state index in [1.165, 1.54) is 10.3 Å². The van der Waals surface area contributed by atoms with Crippen molar-refractivity contribution in [2.24, 2.45) is 0 Å². The molecule has 1 N–H and O–H groups in total. The fourth-order valence-electron chi connectivity index (χ4n) is 4.16. The zero-order valence-corrected chi connectivity index (χ0v) is 19.3. The van der Waals surface area contributed by atoms with Gasteiger partial charge in [-0.15, -0.1) is 22.7 Å². The second kappa shape index (κ2) is 8.32. The first-order valence-electron chi connectivity index (χ1n) is 10.7. The molecule has 4 aromatic carbocycles. The lowest BCUT2D eigenvalue weighted by atomic mass is 10.0. The first kappa shape index (κ1) is 19.9. The number of carbonyl (C=O) groups excluding carboxylic acids is 1. The van der Waals surface area contributed by atoms with Crippen molar-refractivity contribution < 1.29 is 4.79 Å². The largest absolute Gasteiger partial charge is 0.322 e. The minimum atomic E-state index is -0.0813. The van der Waals surface area contributed by atoms with E-state index in [0.29, 0.717) is 0 Å². The number of rotatable bonds is 4. The molecule has 0 saturated carbocycles. The van der Waals surface area contributed by atoms with Gasteiger partial charge in [-0.25, -0.2) is 0 Å². The standard InChI is InChI=1S/C29H19NOS2/c31-29(30-23-12-14-25-22(17-23)15-16-32-25)27-24-13-11-21(19-7-3-1-4-8-19)18-26(24)33-28(27)20-9-5-2-6-10-20/h1-18H,(H,30,31). The number of nitrogens with one attached hydrogen (secondary N) is 1. The second-order valence-corrected chi connectivity index (χ2v) is 9.88. The highest BCUT2D eigenvalue weighted by Gasteiger charge is 2.21. The Kier molecular flexibility index (Phi) is 5.02. The van der Waals surface area contributed by atoms with E-state index in [4.69, 9.17) is 0 Å². The minimum absolute atomic E-state index is 0.0813. The zero-order chi connectivity index (χ0) is 22.2. The molecule has 0 saturated heterocycles. The van der Waals surface area contributed by atoms with E-state index in [2.05, 4.69) is 65.3 Å². The lowest BCUT2D eigenvalue weighted by molar-refractivity contribution is 0.102. The van der Waals surface area contributed by atoms with Crippen LogP contribution in [0, 0.1) is 0 Å². The van der Waals surface area contributed by atoms with Crippen LogP contribution in [0.1, 0.15) is 10.4 Å². The zero-order valence-electron chi connectivity index (χ0n) is 17.6. The molecule has 158 valence electrons. The first-order chi connectivity index (χ1) is 16.3. The van der Waals surface area contributed by atoms with E-state index in [0.717, 1.165) is 42.7 Å². The molecular weight excluding hydrogens is 442 g/mol. The van der Waals surface area contributed by atoms with Crippen LogP contribution in [-0.2, 0) is 0 Å². The van der Waals surface area contributed by atoms with Gasteiger partial charge in [0.05, 0.1) is 5.56 Å². The minimum Gasteiger partial charge on any atom is -0.322 e. The molecule has 0 radical (unpaired) electrons. The van der Waals surface area contributed by atoms with Gasteiger partial charge in [0.15, 0.2) is 0 Å². The molecule has 0 unspecified atom stereocenters. The number of anilines is 1. The molecule has 2 heterocycles. The number of amides is 1. The third-order valence-electron chi connectivity index (χ3n) is 5.77. The topological polar surface area (TPSA) is 29.1 Å². The monoisotopic (exact) mass is 461 g/mol. The van der Waals surface area contributed by atoms with Gasteiger partial charge in [0.2, 0.25) is 0 Å². The molecule has 0 bridgehead atoms. The fraction of sp³-hybridized carbons (Fsp3) is 0. The number of benzene rings is 4. The predicted molar refractivity (Wildman–Crippen MR) is 142 cm³/mol. The summed E-state index contributed by atoms with van der Waals surface area (Å²) in [5.74, 6) is -0.0813. The number of thiophene rings is 2. The van der Waals surface area contributed by atoms with Gasteiger partial charge in [-0.3, -0.25) is 4.79 Å². The lowest BCUT2D eigenvalue weighted by Crippen LogP contribution is -2.12. The van der Waals surface area contributed by atoms with Gasteiger partial charge in [0.1, 0.15) is 0 Å². The Morgan fingerprint density at radius 1 is 0.667 bits per heavy atom. The normalized spacial score (nSPS) is 11.2. The van der Waals surface area contributed by atoms with Crippen molar-refractivity contribution in [1.82, 2.24) is 0 Å². The molecule has 0 atom stereocenters. The molecule has 0 aliphatic heterocycles. The van der Waals surface area contributed by atoms with Crippen molar-refractivity contribution in [3.05, 3.63) is 114 Å². The molecule has 4 heteroatoms. The molecule has 2 aromatic heterocycles. The highest BCUT2D eigenvalue weighted by atomic mass is 32.1. The average Bonchev–Trinajstić information content (AvgIpc) is 3.49. The number of hydrogen-bond acceptors (Lipinski definition) is 3. The van der Waals surface area contributed by atoms with E-state index in [1.54, 1.807) is 22.7 Å². The smallest absolute Gasteiger partial charge is 0.257 e. The summed E-state index contributed by atoms with van der Waals surface area (Å²) in [7, 11) is 0. The summed E-state index contributed by atoms with van der Waals surface area (Å²) in [6.07, 6.45) is 0. The van der Waals surface area contributed by atoms with Crippen LogP contribution in [-0.4, -0.2) is 5.91 Å². The van der Waals surface area contributed by atoms with Crippen molar-refractivity contribution in [3.63, 3.8) is 0 Å². The van der Waals surface area contributed by atoms with Gasteiger partial charge in [0.25, 0.3) is 5.91 Å². The fourth-order valence-corrected chi connectivity index (χ4v) is 6.18. The lowest BCUT2D eigenvalue weighted by Gasteiger charge is -2.08. The van der Waals surface area contributed by atoms with Crippen molar-refractivity contribution in [1.29, 1.82) is 0 Å². The van der Waals surface area contributed by atoms with Crippen molar-refractivity contribution in [2.75, 3.05) is 5.32 Å². The maximum absolute atomic E-state index is 13.6. The van der Waals surface area contributed by atoms with Gasteiger partial charge in [-0.1, -0.05) is 72.8 Å². The first-order valence-corrected chi connectivity index (χ1v) is 12.4. The summed E-state index contributed by atoms with van der Waals surface area (Å²) in [6.45, 7) is 0. The maximum atomic E-state index is 13.6. The van der Waals surface area contributed by atoms with Gasteiger partial charge < -0.3 is 5.32 Å². The number of carbonyl (C=O) groups is 1. The summed E-state index contributed by atoms with van der Waals surface area (Å²) in [5, 5.41) is 7.34. The summed E-state index contributed by atoms with van der Waals surface area (Å²) >= 11 is 3.37. The molecule has 0 fully saturated rings. The summed E-state index contributed by atoms with van der Waals surface area (Å²) in [4.78, 5) is 14.6. The van der Waals surface area contributed by atoms with Gasteiger partial charge in [-0.2, -0.15) is 0 Å². The summed E-state index contributed by atoms with van der Waals surface area (Å²) in [6, 6.07) is 35.0. The molecule has 1 amide bonds. The third-order valence-corrected chi connectivity index (χ3v) is 7.87. The molecule has 6 rings (SSSR count). The van der Waals surface area contributed by atoms with Gasteiger partial charge in [-0.05, 0) is 57.8 Å². The highest BCUT2D eigenvalue weighted by molar-refractivity contribution is 7.22. The molecule has 2 nitrogen and oxygen atoms in total. The molecule has 0 aliphatic rings. The molecular formula is C29H19NOS2. The Morgan fingerprint density at radius 2 is 1.42 bits per heavy atom. The van der Waals surface area contributed by atoms with Crippen LogP contribution in [0.3, 0.4) is 0 Å². The number of hydrogen-bond donors (Lipinski definition) is 1. The third kappa shape index (κ3) is 3.74. The van der Waals surface area contributed by atoms with Crippen LogP contribution in [0.5, 0.6) is 0 Å². The summed E-state index contributed by atoms with van der Waals surface area (Å²) < 4.78 is 2.32. The molecule has 6 aromatic rings. The van der Waals surface area contributed by atoms with Gasteiger partial charge >= 0.3 is 0 Å². The van der Waals surface area contributed by atoms with E-state index < -0.39 is 0 Å². The van der Waals surface area contributed by atoms with Crippen molar-refractivity contribution in [3.8, 4) is 21.6 Å². The molecule has 0 aliphatic carbocycles. The Hall–Kier alpha value is -3.73. The maximum Gasteiger partial charge on any atom is 0.257 e. The van der Waals surface area contributed by atoms with Crippen LogP contribution in [0.15, 0.2) is 109 Å². The average molecular weight is 462 g/mol. The Labute approximate surface area is 199 Å². The highest BCUT2D eigenvalue weighted by Crippen LogP contribution is 2.40. The van der Waals surface area contributed by atoms with E-state index in [9.17, 15) is 4.79 Å². The van der Waals surface area contributed by atoms with E-state index in [1.807, 2.05) is 48.5 Å². The SMILES string of the molecule is O=C(Nc1ccc2sccc2c1)c1c(-c2ccccc2)sc2cc(-c3ccccc3)ccc12. The van der Waals surface area contributed by atoms with Crippen molar-refractivity contribution >= 4 is 54.4 Å². The molecule has 33 heavy (non-hydrogen) atoms. The Morgan fingerprint density at radius 3 is 2.21 bits per heavy atom. The Balaban J connectivity index is 1.47. The van der Waals surface area contributed by atoms with Crippen LogP contribution < -0.4 is 5.32 Å². The van der Waals surface area contributed by atoms with Crippen molar-refractivity contribution in [2.45, 2.75) is 0 Å². The van der Waals surface area contributed by atoms with Crippen LogP contribution >= 0.6 is 22.7 Å². The number of fused-ring (bicyclic) bond motifs is 2. The second-order valence-electron chi connectivity index (χ2n) is 7.88. The molecule has 0 spiro atoms. The van der Waals surface area contributed by atoms with Crippen LogP contribution in [0.4, 0.5) is 5.69 Å². The van der Waals surface area contributed by atoms with Gasteiger partial charge in [0, 0.05) is 25.4 Å². The Bertz CT molecular complexity index is 1600. The van der Waals surface area contributed by atoms with Crippen LogP contribution in [0.25, 0.3) is 41.7 Å². The quantitative estimate of drug-likeness (QED) is 0.279. The summed E-state index contributed by atoms with van der Waals surface area (Å²) in [5.41, 5.74) is 4.91.